The van der Waals surface area contributed by atoms with Crippen molar-refractivity contribution in [1.29, 1.82) is 0 Å². The molecule has 1 fully saturated rings. The van der Waals surface area contributed by atoms with E-state index in [1.54, 1.807) is 12.4 Å². The molecule has 0 aromatic carbocycles. The lowest BCUT2D eigenvalue weighted by Crippen LogP contribution is -2.45. The average Bonchev–Trinajstić information content (AvgIpc) is 3.01. The number of hydrogen-bond donors (Lipinski definition) is 1. The number of morpholine rings is 1. The van der Waals surface area contributed by atoms with Gasteiger partial charge in [-0.1, -0.05) is 6.07 Å². The fraction of sp³-hybridized carbons (Fsp3) is 0.412. The molecule has 0 spiro atoms. The molecule has 3 rings (SSSR count). The molecule has 0 saturated carbocycles. The Morgan fingerprint density at radius 2 is 2.17 bits per heavy atom. The van der Waals surface area contributed by atoms with E-state index in [0.717, 1.165) is 30.2 Å². The van der Waals surface area contributed by atoms with E-state index in [0.29, 0.717) is 19.8 Å². The summed E-state index contributed by atoms with van der Waals surface area (Å²) in [6, 6.07) is 7.20. The van der Waals surface area contributed by atoms with Crippen molar-refractivity contribution in [2.45, 2.75) is 19.5 Å². The Morgan fingerprint density at radius 3 is 2.83 bits per heavy atom. The van der Waals surface area contributed by atoms with Crippen molar-refractivity contribution in [3.05, 3.63) is 53.7 Å². The third-order valence-corrected chi connectivity index (χ3v) is 3.89. The van der Waals surface area contributed by atoms with Gasteiger partial charge in [-0.25, -0.2) is 0 Å². The van der Waals surface area contributed by atoms with Gasteiger partial charge in [-0.2, -0.15) is 0 Å². The predicted molar refractivity (Wildman–Crippen MR) is 84.7 cm³/mol. The van der Waals surface area contributed by atoms with E-state index >= 15 is 0 Å². The zero-order valence-electron chi connectivity index (χ0n) is 13.2. The van der Waals surface area contributed by atoms with Crippen molar-refractivity contribution in [2.75, 3.05) is 26.3 Å². The highest BCUT2D eigenvalue weighted by Gasteiger charge is 2.29. The van der Waals surface area contributed by atoms with Gasteiger partial charge in [0.25, 0.3) is 0 Å². The third kappa shape index (κ3) is 3.97. The molecule has 0 radical (unpaired) electrons. The Morgan fingerprint density at radius 1 is 1.35 bits per heavy atom. The lowest BCUT2D eigenvalue weighted by Gasteiger charge is -2.33. The average molecular weight is 315 g/mol. The van der Waals surface area contributed by atoms with Crippen LogP contribution in [0.25, 0.3) is 0 Å². The number of ether oxygens (including phenoxy) is 1. The Kier molecular flexibility index (Phi) is 5.05. The van der Waals surface area contributed by atoms with Crippen LogP contribution in [0.15, 0.2) is 41.1 Å². The molecule has 6 heteroatoms. The van der Waals surface area contributed by atoms with Crippen LogP contribution in [-0.2, 0) is 16.1 Å². The minimum absolute atomic E-state index is 0.0473. The van der Waals surface area contributed by atoms with Crippen LogP contribution in [0.4, 0.5) is 0 Å². The quantitative estimate of drug-likeness (QED) is 0.909. The van der Waals surface area contributed by atoms with Gasteiger partial charge in [0.1, 0.15) is 17.6 Å². The van der Waals surface area contributed by atoms with Crippen molar-refractivity contribution in [3.8, 4) is 0 Å². The summed E-state index contributed by atoms with van der Waals surface area (Å²) in [5.74, 6) is 1.54. The molecule has 0 aliphatic carbocycles. The SMILES string of the molecule is Cc1ccc(CNC(=O)C(c2cccnc2)N2CCOCC2)o1. The molecule has 1 amide bonds. The minimum Gasteiger partial charge on any atom is -0.465 e. The number of rotatable bonds is 5. The summed E-state index contributed by atoms with van der Waals surface area (Å²) in [7, 11) is 0. The van der Waals surface area contributed by atoms with Crippen LogP contribution in [-0.4, -0.2) is 42.1 Å². The summed E-state index contributed by atoms with van der Waals surface area (Å²) in [4.78, 5) is 19.0. The molecule has 23 heavy (non-hydrogen) atoms. The van der Waals surface area contributed by atoms with E-state index < -0.39 is 0 Å². The van der Waals surface area contributed by atoms with Gasteiger partial charge >= 0.3 is 0 Å². The van der Waals surface area contributed by atoms with Crippen molar-refractivity contribution in [3.63, 3.8) is 0 Å². The van der Waals surface area contributed by atoms with Crippen LogP contribution in [0.2, 0.25) is 0 Å². The van der Waals surface area contributed by atoms with Crippen molar-refractivity contribution in [2.24, 2.45) is 0 Å². The maximum Gasteiger partial charge on any atom is 0.242 e. The highest BCUT2D eigenvalue weighted by Crippen LogP contribution is 2.21. The number of carbonyl (C=O) groups excluding carboxylic acids is 1. The van der Waals surface area contributed by atoms with Gasteiger partial charge in [0, 0.05) is 25.5 Å². The van der Waals surface area contributed by atoms with E-state index in [1.165, 1.54) is 0 Å². The number of amides is 1. The molecule has 0 bridgehead atoms. The molecule has 3 heterocycles. The highest BCUT2D eigenvalue weighted by atomic mass is 16.5. The van der Waals surface area contributed by atoms with Gasteiger partial charge in [-0.15, -0.1) is 0 Å². The molecule has 1 aliphatic heterocycles. The van der Waals surface area contributed by atoms with Crippen LogP contribution in [0, 0.1) is 6.92 Å². The number of aromatic nitrogens is 1. The first-order valence-electron chi connectivity index (χ1n) is 7.79. The van der Waals surface area contributed by atoms with E-state index in [9.17, 15) is 4.79 Å². The molecule has 6 nitrogen and oxygen atoms in total. The molecule has 1 atom stereocenters. The second-order valence-electron chi connectivity index (χ2n) is 5.57. The molecule has 2 aromatic heterocycles. The van der Waals surface area contributed by atoms with Crippen molar-refractivity contribution in [1.82, 2.24) is 15.2 Å². The second kappa shape index (κ2) is 7.39. The molecule has 1 N–H and O–H groups in total. The summed E-state index contributed by atoms with van der Waals surface area (Å²) in [5, 5.41) is 2.97. The normalized spacial score (nSPS) is 16.9. The predicted octanol–water partition coefficient (Wildman–Crippen LogP) is 1.67. The molecule has 1 saturated heterocycles. The number of nitrogens with one attached hydrogen (secondary N) is 1. The van der Waals surface area contributed by atoms with Crippen LogP contribution in [0.5, 0.6) is 0 Å². The third-order valence-electron chi connectivity index (χ3n) is 3.89. The van der Waals surface area contributed by atoms with Gasteiger partial charge in [-0.3, -0.25) is 14.7 Å². The topological polar surface area (TPSA) is 67.6 Å². The first-order valence-corrected chi connectivity index (χ1v) is 7.79. The lowest BCUT2D eigenvalue weighted by atomic mass is 10.1. The Balaban J connectivity index is 1.72. The molecular weight excluding hydrogens is 294 g/mol. The van der Waals surface area contributed by atoms with Crippen LogP contribution in [0.3, 0.4) is 0 Å². The molecule has 2 aromatic rings. The van der Waals surface area contributed by atoms with Crippen molar-refractivity contribution < 1.29 is 13.9 Å². The van der Waals surface area contributed by atoms with E-state index in [1.807, 2.05) is 31.2 Å². The minimum atomic E-state index is -0.358. The Hall–Kier alpha value is -2.18. The molecule has 1 unspecified atom stereocenters. The maximum absolute atomic E-state index is 12.8. The monoisotopic (exact) mass is 315 g/mol. The number of aryl methyl sites for hydroxylation is 1. The second-order valence-corrected chi connectivity index (χ2v) is 5.57. The fourth-order valence-electron chi connectivity index (χ4n) is 2.75. The summed E-state index contributed by atoms with van der Waals surface area (Å²) < 4.78 is 10.9. The Labute approximate surface area is 135 Å². The van der Waals surface area contributed by atoms with E-state index in [2.05, 4.69) is 15.2 Å². The van der Waals surface area contributed by atoms with E-state index in [4.69, 9.17) is 9.15 Å². The standard InChI is InChI=1S/C17H21N3O3/c1-13-4-5-15(23-13)12-19-17(21)16(14-3-2-6-18-11-14)20-7-9-22-10-8-20/h2-6,11,16H,7-10,12H2,1H3,(H,19,21). The van der Waals surface area contributed by atoms with Gasteiger partial charge in [0.15, 0.2) is 0 Å². The molecular formula is C17H21N3O3. The first-order chi connectivity index (χ1) is 11.2. The lowest BCUT2D eigenvalue weighted by molar-refractivity contribution is -0.128. The zero-order chi connectivity index (χ0) is 16.1. The first kappa shape index (κ1) is 15.7. The summed E-state index contributed by atoms with van der Waals surface area (Å²) in [6.45, 7) is 5.01. The zero-order valence-corrected chi connectivity index (χ0v) is 13.2. The largest absolute Gasteiger partial charge is 0.465 e. The number of nitrogens with zero attached hydrogens (tertiary/aromatic N) is 2. The number of furan rings is 1. The number of pyridine rings is 1. The molecule has 122 valence electrons. The van der Waals surface area contributed by atoms with Gasteiger partial charge in [0.2, 0.25) is 5.91 Å². The summed E-state index contributed by atoms with van der Waals surface area (Å²) >= 11 is 0. The van der Waals surface area contributed by atoms with Gasteiger partial charge < -0.3 is 14.5 Å². The smallest absolute Gasteiger partial charge is 0.242 e. The van der Waals surface area contributed by atoms with Gasteiger partial charge in [0.05, 0.1) is 19.8 Å². The number of carbonyl (C=O) groups is 1. The molecule has 1 aliphatic rings. The van der Waals surface area contributed by atoms with Crippen LogP contribution in [0.1, 0.15) is 23.1 Å². The van der Waals surface area contributed by atoms with Crippen molar-refractivity contribution >= 4 is 5.91 Å². The van der Waals surface area contributed by atoms with E-state index in [-0.39, 0.29) is 11.9 Å². The van der Waals surface area contributed by atoms with Gasteiger partial charge in [-0.05, 0) is 30.7 Å². The van der Waals surface area contributed by atoms with Crippen LogP contribution < -0.4 is 5.32 Å². The van der Waals surface area contributed by atoms with Crippen LogP contribution >= 0.6 is 0 Å². The summed E-state index contributed by atoms with van der Waals surface area (Å²) in [6.07, 6.45) is 3.46. The number of hydrogen-bond acceptors (Lipinski definition) is 5. The maximum atomic E-state index is 12.8. The fourth-order valence-corrected chi connectivity index (χ4v) is 2.75. The highest BCUT2D eigenvalue weighted by molar-refractivity contribution is 5.83. The Bertz CT molecular complexity index is 636. The summed E-state index contributed by atoms with van der Waals surface area (Å²) in [5.41, 5.74) is 0.891.